The molecule has 0 radical (unpaired) electrons. The number of aldehydes is 1. The Labute approximate surface area is 239 Å². The number of nitrogens with one attached hydrogen (secondary N) is 1. The van der Waals surface area contributed by atoms with E-state index in [2.05, 4.69) is 34.0 Å². The van der Waals surface area contributed by atoms with E-state index >= 15 is 0 Å². The smallest absolute Gasteiger partial charge is 0.246 e. The molecule has 2 aromatic heterocycles. The normalized spacial score (nSPS) is 14.6. The summed E-state index contributed by atoms with van der Waals surface area (Å²) in [7, 11) is 5.01. The number of carbonyl (C=O) groups is 2. The fourth-order valence-electron chi connectivity index (χ4n) is 4.82. The second kappa shape index (κ2) is 13.5. The molecule has 4 aromatic rings. The van der Waals surface area contributed by atoms with Gasteiger partial charge in [0.2, 0.25) is 5.91 Å². The number of methoxy groups -OCH3 is 2. The number of ether oxygens (including phenoxy) is 2. The molecular formula is C30H35N7O4. The minimum Gasteiger partial charge on any atom is -0.497 e. The van der Waals surface area contributed by atoms with Crippen molar-refractivity contribution in [3.63, 3.8) is 0 Å². The Balaban J connectivity index is 0.000000271. The van der Waals surface area contributed by atoms with Gasteiger partial charge in [-0.3, -0.25) is 9.59 Å². The van der Waals surface area contributed by atoms with Crippen LogP contribution >= 0.6 is 0 Å². The summed E-state index contributed by atoms with van der Waals surface area (Å²) >= 11 is 0. The number of aromatic nitrogens is 4. The van der Waals surface area contributed by atoms with Crippen LogP contribution in [0.5, 0.6) is 11.5 Å². The van der Waals surface area contributed by atoms with Crippen molar-refractivity contribution >= 4 is 29.0 Å². The summed E-state index contributed by atoms with van der Waals surface area (Å²) in [6, 6.07) is 13.3. The van der Waals surface area contributed by atoms with E-state index in [0.29, 0.717) is 35.1 Å². The third-order valence-corrected chi connectivity index (χ3v) is 6.86. The molecule has 5 rings (SSSR count). The number of likely N-dealkylation sites (tertiary alicyclic amines) is 1. The first-order valence-corrected chi connectivity index (χ1v) is 13.2. The average Bonchev–Trinajstić information content (AvgIpc) is 3.42. The van der Waals surface area contributed by atoms with E-state index < -0.39 is 0 Å². The monoisotopic (exact) mass is 557 g/mol. The molecule has 1 atom stereocenters. The molecule has 41 heavy (non-hydrogen) atoms. The van der Waals surface area contributed by atoms with E-state index in [1.807, 2.05) is 28.8 Å². The van der Waals surface area contributed by atoms with E-state index in [1.54, 1.807) is 32.4 Å². The zero-order valence-corrected chi connectivity index (χ0v) is 23.5. The van der Waals surface area contributed by atoms with Crippen molar-refractivity contribution in [1.82, 2.24) is 30.0 Å². The standard InChI is InChI=1S/C21H25N7O.C9H10O3/c1-3-17(29)27-10-4-5-16(12-27)28-21-18(20(22)24-13-25-21)19(26-28)15-8-6-14(7-9-15)11-23-2;1-11-8-3-7(6-10)4-9(5-8)12-2/h3,6-9,13,16,23H,1,4-5,10-12H2,2H3,(H2,22,24,25);3-6H,1-2H3. The van der Waals surface area contributed by atoms with E-state index in [4.69, 9.17) is 20.3 Å². The minimum absolute atomic E-state index is 0.0294. The third-order valence-electron chi connectivity index (χ3n) is 6.86. The first-order valence-electron chi connectivity index (χ1n) is 13.2. The lowest BCUT2D eigenvalue weighted by Gasteiger charge is -2.32. The third kappa shape index (κ3) is 6.69. The van der Waals surface area contributed by atoms with Crippen LogP contribution in [-0.4, -0.2) is 71.2 Å². The lowest BCUT2D eigenvalue weighted by molar-refractivity contribution is -0.127. The lowest BCUT2D eigenvalue weighted by atomic mass is 10.1. The van der Waals surface area contributed by atoms with Gasteiger partial charge in [0.25, 0.3) is 0 Å². The Hall–Kier alpha value is -4.77. The number of hydrogen-bond donors (Lipinski definition) is 2. The summed E-state index contributed by atoms with van der Waals surface area (Å²) in [5, 5.41) is 8.79. The van der Waals surface area contributed by atoms with Crippen LogP contribution in [0.15, 0.2) is 61.4 Å². The Bertz CT molecular complexity index is 1500. The molecule has 0 bridgehead atoms. The van der Waals surface area contributed by atoms with Gasteiger partial charge in [0.05, 0.1) is 25.6 Å². The van der Waals surface area contributed by atoms with Crippen LogP contribution in [0.3, 0.4) is 0 Å². The highest BCUT2D eigenvalue weighted by Gasteiger charge is 2.28. The van der Waals surface area contributed by atoms with Crippen molar-refractivity contribution in [2.75, 3.05) is 40.1 Å². The van der Waals surface area contributed by atoms with Gasteiger partial charge in [-0.1, -0.05) is 30.8 Å². The maximum Gasteiger partial charge on any atom is 0.246 e. The van der Waals surface area contributed by atoms with Gasteiger partial charge in [-0.15, -0.1) is 0 Å². The molecule has 1 aliphatic heterocycles. The number of fused-ring (bicyclic) bond motifs is 1. The molecule has 0 aliphatic carbocycles. The molecule has 1 amide bonds. The minimum atomic E-state index is -0.0550. The number of nitrogen functional groups attached to an aromatic ring is 1. The van der Waals surface area contributed by atoms with Crippen molar-refractivity contribution in [2.45, 2.75) is 25.4 Å². The molecule has 214 valence electrons. The van der Waals surface area contributed by atoms with Gasteiger partial charge in [-0.25, -0.2) is 14.6 Å². The Morgan fingerprint density at radius 2 is 1.85 bits per heavy atom. The van der Waals surface area contributed by atoms with Gasteiger partial charge in [-0.05, 0) is 43.7 Å². The highest BCUT2D eigenvalue weighted by molar-refractivity contribution is 5.98. The molecule has 1 saturated heterocycles. The maximum absolute atomic E-state index is 12.1. The summed E-state index contributed by atoms with van der Waals surface area (Å²) < 4.78 is 11.8. The van der Waals surface area contributed by atoms with E-state index in [1.165, 1.54) is 18.0 Å². The fraction of sp³-hybridized carbons (Fsp3) is 0.300. The predicted molar refractivity (Wildman–Crippen MR) is 158 cm³/mol. The van der Waals surface area contributed by atoms with Crippen LogP contribution in [-0.2, 0) is 11.3 Å². The lowest BCUT2D eigenvalue weighted by Crippen LogP contribution is -2.40. The molecule has 3 heterocycles. The zero-order valence-electron chi connectivity index (χ0n) is 23.5. The summed E-state index contributed by atoms with van der Waals surface area (Å²) in [6.45, 7) is 5.71. The van der Waals surface area contributed by atoms with E-state index in [0.717, 1.165) is 48.9 Å². The molecule has 2 aromatic carbocycles. The number of carbonyl (C=O) groups excluding carboxylic acids is 2. The molecular weight excluding hydrogens is 522 g/mol. The quantitative estimate of drug-likeness (QED) is 0.246. The van der Waals surface area contributed by atoms with Gasteiger partial charge in [-0.2, -0.15) is 5.10 Å². The number of rotatable bonds is 8. The molecule has 11 nitrogen and oxygen atoms in total. The average molecular weight is 558 g/mol. The Morgan fingerprint density at radius 1 is 1.15 bits per heavy atom. The number of nitrogens with zero attached hydrogens (tertiary/aromatic N) is 5. The number of anilines is 1. The number of amides is 1. The van der Waals surface area contributed by atoms with Gasteiger partial charge < -0.3 is 25.4 Å². The summed E-state index contributed by atoms with van der Waals surface area (Å²) in [4.78, 5) is 33.0. The van der Waals surface area contributed by atoms with Gasteiger partial charge in [0.15, 0.2) is 5.65 Å². The highest BCUT2D eigenvalue weighted by Crippen LogP contribution is 2.34. The largest absolute Gasteiger partial charge is 0.497 e. The van der Waals surface area contributed by atoms with Crippen LogP contribution < -0.4 is 20.5 Å². The second-order valence-electron chi connectivity index (χ2n) is 9.53. The van der Waals surface area contributed by atoms with E-state index in [-0.39, 0.29) is 11.9 Å². The molecule has 1 unspecified atom stereocenters. The van der Waals surface area contributed by atoms with Crippen LogP contribution in [0.2, 0.25) is 0 Å². The summed E-state index contributed by atoms with van der Waals surface area (Å²) in [5.41, 5.74) is 10.4. The summed E-state index contributed by atoms with van der Waals surface area (Å²) in [6.07, 6.45) is 5.40. The first-order chi connectivity index (χ1) is 19.9. The molecule has 1 fully saturated rings. The number of hydrogen-bond acceptors (Lipinski definition) is 9. The van der Waals surface area contributed by atoms with Crippen molar-refractivity contribution in [3.05, 3.63) is 72.6 Å². The van der Waals surface area contributed by atoms with Crippen molar-refractivity contribution in [1.29, 1.82) is 0 Å². The number of nitrogens with two attached hydrogens (primary N) is 1. The number of benzene rings is 2. The first kappa shape index (κ1) is 29.2. The molecule has 11 heteroatoms. The van der Waals surface area contributed by atoms with Gasteiger partial charge in [0, 0.05) is 36.8 Å². The Kier molecular flexibility index (Phi) is 9.64. The zero-order chi connectivity index (χ0) is 29.4. The second-order valence-corrected chi connectivity index (χ2v) is 9.53. The molecule has 1 aliphatic rings. The number of piperidine rings is 1. The maximum atomic E-state index is 12.1. The Morgan fingerprint density at radius 3 is 2.46 bits per heavy atom. The summed E-state index contributed by atoms with van der Waals surface area (Å²) in [5.74, 6) is 1.60. The van der Waals surface area contributed by atoms with Crippen LogP contribution in [0.1, 0.15) is 34.8 Å². The predicted octanol–water partition coefficient (Wildman–Crippen LogP) is 3.66. The topological polar surface area (TPSA) is 137 Å². The molecule has 0 spiro atoms. The van der Waals surface area contributed by atoms with Gasteiger partial charge >= 0.3 is 0 Å². The van der Waals surface area contributed by atoms with Crippen molar-refractivity contribution in [3.8, 4) is 22.8 Å². The molecule has 0 saturated carbocycles. The SMILES string of the molecule is C=CC(=O)N1CCCC(n2nc(-c3ccc(CNC)cc3)c3c(N)ncnc32)C1.COc1cc(C=O)cc(OC)c1. The van der Waals surface area contributed by atoms with Gasteiger partial charge in [0.1, 0.15) is 35.6 Å². The van der Waals surface area contributed by atoms with Crippen molar-refractivity contribution < 1.29 is 19.1 Å². The molecule has 3 N–H and O–H groups in total. The van der Waals surface area contributed by atoms with Crippen LogP contribution in [0.25, 0.3) is 22.3 Å². The van der Waals surface area contributed by atoms with Crippen LogP contribution in [0.4, 0.5) is 5.82 Å². The fourth-order valence-corrected chi connectivity index (χ4v) is 4.82. The van der Waals surface area contributed by atoms with E-state index in [9.17, 15) is 9.59 Å². The highest BCUT2D eigenvalue weighted by atomic mass is 16.5. The van der Waals surface area contributed by atoms with Crippen LogP contribution in [0, 0.1) is 0 Å². The van der Waals surface area contributed by atoms with Crippen molar-refractivity contribution in [2.24, 2.45) is 0 Å².